The molecule has 1 heterocycles. The van der Waals surface area contributed by atoms with Gasteiger partial charge in [-0.15, -0.1) is 0 Å². The first kappa shape index (κ1) is 18.3. The highest BCUT2D eigenvalue weighted by Gasteiger charge is 2.23. The summed E-state index contributed by atoms with van der Waals surface area (Å²) < 4.78 is 13.5. The summed E-state index contributed by atoms with van der Waals surface area (Å²) in [7, 11) is 0. The van der Waals surface area contributed by atoms with E-state index in [4.69, 9.17) is 0 Å². The zero-order valence-electron chi connectivity index (χ0n) is 15.2. The van der Waals surface area contributed by atoms with E-state index in [-0.39, 0.29) is 11.3 Å². The molecule has 0 aliphatic rings. The van der Waals surface area contributed by atoms with Gasteiger partial charge < -0.3 is 5.32 Å². The lowest BCUT2D eigenvalue weighted by Gasteiger charge is -2.14. The Hall–Kier alpha value is -4.06. The largest absolute Gasteiger partial charge is 0.322 e. The number of benzene rings is 3. The second-order valence-corrected chi connectivity index (χ2v) is 6.35. The van der Waals surface area contributed by atoms with E-state index in [0.29, 0.717) is 16.8 Å². The standard InChI is InChI=1S/C23H16FN3O2/c24-17-12-7-13-18(14-17)25-22(28)20-19(15-8-3-1-4-9-15)21(26-27-23(20)29)16-10-5-2-6-11-16/h1-14H,(H,25,28)(H,27,29). The van der Waals surface area contributed by atoms with E-state index < -0.39 is 17.3 Å². The van der Waals surface area contributed by atoms with E-state index in [0.717, 1.165) is 5.56 Å². The Labute approximate surface area is 165 Å². The fourth-order valence-electron chi connectivity index (χ4n) is 3.12. The molecule has 1 amide bonds. The minimum Gasteiger partial charge on any atom is -0.322 e. The number of nitrogens with zero attached hydrogens (tertiary/aromatic N) is 1. The summed E-state index contributed by atoms with van der Waals surface area (Å²) >= 11 is 0. The summed E-state index contributed by atoms with van der Waals surface area (Å²) in [5.41, 5.74) is 1.85. The first-order valence-corrected chi connectivity index (χ1v) is 8.94. The van der Waals surface area contributed by atoms with Crippen molar-refractivity contribution < 1.29 is 9.18 Å². The van der Waals surface area contributed by atoms with Crippen molar-refractivity contribution in [2.45, 2.75) is 0 Å². The van der Waals surface area contributed by atoms with Crippen LogP contribution < -0.4 is 10.9 Å². The molecule has 0 unspecified atom stereocenters. The van der Waals surface area contributed by atoms with Gasteiger partial charge >= 0.3 is 0 Å². The second-order valence-electron chi connectivity index (χ2n) is 6.35. The Bertz CT molecular complexity index is 1220. The average Bonchev–Trinajstić information content (AvgIpc) is 2.74. The molecule has 0 aliphatic heterocycles. The summed E-state index contributed by atoms with van der Waals surface area (Å²) in [6.45, 7) is 0. The van der Waals surface area contributed by atoms with Crippen molar-refractivity contribution in [3.8, 4) is 22.4 Å². The van der Waals surface area contributed by atoms with Crippen LogP contribution in [0.25, 0.3) is 22.4 Å². The predicted octanol–water partition coefficient (Wildman–Crippen LogP) is 4.50. The molecule has 0 fully saturated rings. The number of aromatic nitrogens is 2. The fourth-order valence-corrected chi connectivity index (χ4v) is 3.12. The minimum atomic E-state index is -0.643. The summed E-state index contributed by atoms with van der Waals surface area (Å²) in [5.74, 6) is -1.13. The van der Waals surface area contributed by atoms with Crippen molar-refractivity contribution >= 4 is 11.6 Å². The number of anilines is 1. The van der Waals surface area contributed by atoms with Gasteiger partial charge in [0.2, 0.25) is 0 Å². The van der Waals surface area contributed by atoms with Crippen LogP contribution in [0, 0.1) is 5.82 Å². The average molecular weight is 385 g/mol. The maximum atomic E-state index is 13.5. The molecular weight excluding hydrogens is 369 g/mol. The molecular formula is C23H16FN3O2. The smallest absolute Gasteiger partial charge is 0.277 e. The van der Waals surface area contributed by atoms with Gasteiger partial charge in [-0.1, -0.05) is 66.7 Å². The summed E-state index contributed by atoms with van der Waals surface area (Å²) in [4.78, 5) is 25.7. The Morgan fingerprint density at radius 1 is 0.862 bits per heavy atom. The Balaban J connectivity index is 1.91. The highest BCUT2D eigenvalue weighted by Crippen LogP contribution is 2.31. The van der Waals surface area contributed by atoms with E-state index in [1.165, 1.54) is 18.2 Å². The van der Waals surface area contributed by atoms with Gasteiger partial charge in [0, 0.05) is 16.8 Å². The lowest BCUT2D eigenvalue weighted by Crippen LogP contribution is -2.26. The normalized spacial score (nSPS) is 10.5. The number of nitrogens with one attached hydrogen (secondary N) is 2. The van der Waals surface area contributed by atoms with Gasteiger partial charge in [0.1, 0.15) is 11.4 Å². The summed E-state index contributed by atoms with van der Waals surface area (Å²) in [6.07, 6.45) is 0. The van der Waals surface area contributed by atoms with Crippen molar-refractivity contribution in [3.63, 3.8) is 0 Å². The predicted molar refractivity (Wildman–Crippen MR) is 110 cm³/mol. The van der Waals surface area contributed by atoms with Crippen LogP contribution in [-0.2, 0) is 0 Å². The third-order valence-corrected chi connectivity index (χ3v) is 4.40. The molecule has 4 aromatic rings. The van der Waals surface area contributed by atoms with E-state index in [1.54, 1.807) is 6.07 Å². The highest BCUT2D eigenvalue weighted by atomic mass is 19.1. The van der Waals surface area contributed by atoms with Gasteiger partial charge in [-0.25, -0.2) is 9.49 Å². The first-order chi connectivity index (χ1) is 14.1. The molecule has 0 atom stereocenters. The van der Waals surface area contributed by atoms with Crippen LogP contribution in [0.3, 0.4) is 0 Å². The number of rotatable bonds is 4. The van der Waals surface area contributed by atoms with Crippen LogP contribution in [0.2, 0.25) is 0 Å². The molecule has 0 saturated carbocycles. The van der Waals surface area contributed by atoms with Gasteiger partial charge in [-0.2, -0.15) is 5.10 Å². The molecule has 0 spiro atoms. The van der Waals surface area contributed by atoms with E-state index >= 15 is 0 Å². The van der Waals surface area contributed by atoms with Crippen molar-refractivity contribution in [1.82, 2.24) is 10.2 Å². The molecule has 0 radical (unpaired) electrons. The van der Waals surface area contributed by atoms with Crippen molar-refractivity contribution in [3.05, 3.63) is 107 Å². The molecule has 0 bridgehead atoms. The molecule has 142 valence electrons. The lowest BCUT2D eigenvalue weighted by atomic mass is 9.95. The molecule has 3 aromatic carbocycles. The monoisotopic (exact) mass is 385 g/mol. The van der Waals surface area contributed by atoms with Crippen molar-refractivity contribution in [1.29, 1.82) is 0 Å². The number of aromatic amines is 1. The molecule has 5 nitrogen and oxygen atoms in total. The molecule has 2 N–H and O–H groups in total. The number of amides is 1. The number of carbonyl (C=O) groups excluding carboxylic acids is 1. The molecule has 1 aromatic heterocycles. The van der Waals surface area contributed by atoms with Gasteiger partial charge in [0.05, 0.1) is 5.69 Å². The minimum absolute atomic E-state index is 0.0886. The molecule has 4 rings (SSSR count). The topological polar surface area (TPSA) is 74.8 Å². The van der Waals surface area contributed by atoms with E-state index in [1.807, 2.05) is 60.7 Å². The van der Waals surface area contributed by atoms with Gasteiger partial charge in [-0.05, 0) is 23.8 Å². The third kappa shape index (κ3) is 3.82. The van der Waals surface area contributed by atoms with Crippen molar-refractivity contribution in [2.24, 2.45) is 0 Å². The Morgan fingerprint density at radius 3 is 2.17 bits per heavy atom. The summed E-state index contributed by atoms with van der Waals surface area (Å²) in [5, 5.41) is 9.23. The van der Waals surface area contributed by atoms with Crippen LogP contribution in [0.15, 0.2) is 89.7 Å². The molecule has 6 heteroatoms. The van der Waals surface area contributed by atoms with Crippen LogP contribution in [0.1, 0.15) is 10.4 Å². The Morgan fingerprint density at radius 2 is 1.52 bits per heavy atom. The SMILES string of the molecule is O=C(Nc1cccc(F)c1)c1c(-c2ccccc2)c(-c2ccccc2)n[nH]c1=O. The Kier molecular flexibility index (Phi) is 4.99. The van der Waals surface area contributed by atoms with Gasteiger partial charge in [0.25, 0.3) is 11.5 Å². The van der Waals surface area contributed by atoms with Crippen LogP contribution in [-0.4, -0.2) is 16.1 Å². The zero-order valence-corrected chi connectivity index (χ0v) is 15.2. The fraction of sp³-hybridized carbons (Fsp3) is 0. The third-order valence-electron chi connectivity index (χ3n) is 4.40. The quantitative estimate of drug-likeness (QED) is 0.543. The molecule has 0 aliphatic carbocycles. The van der Waals surface area contributed by atoms with E-state index in [2.05, 4.69) is 15.5 Å². The van der Waals surface area contributed by atoms with Crippen LogP contribution in [0.4, 0.5) is 10.1 Å². The van der Waals surface area contributed by atoms with Crippen LogP contribution in [0.5, 0.6) is 0 Å². The maximum Gasteiger partial charge on any atom is 0.277 e. The van der Waals surface area contributed by atoms with Gasteiger partial charge in [0.15, 0.2) is 0 Å². The number of carbonyl (C=O) groups is 1. The summed E-state index contributed by atoms with van der Waals surface area (Å²) in [6, 6.07) is 23.9. The first-order valence-electron chi connectivity index (χ1n) is 8.94. The highest BCUT2D eigenvalue weighted by molar-refractivity contribution is 6.10. The second kappa shape index (κ2) is 7.90. The zero-order chi connectivity index (χ0) is 20.2. The number of halogens is 1. The number of hydrogen-bond acceptors (Lipinski definition) is 3. The number of hydrogen-bond donors (Lipinski definition) is 2. The van der Waals surface area contributed by atoms with E-state index in [9.17, 15) is 14.0 Å². The maximum absolute atomic E-state index is 13.5. The lowest BCUT2D eigenvalue weighted by molar-refractivity contribution is 0.102. The molecule has 0 saturated heterocycles. The van der Waals surface area contributed by atoms with Crippen LogP contribution >= 0.6 is 0 Å². The van der Waals surface area contributed by atoms with Gasteiger partial charge in [-0.3, -0.25) is 9.59 Å². The van der Waals surface area contributed by atoms with Crippen molar-refractivity contribution in [2.75, 3.05) is 5.32 Å². The molecule has 29 heavy (non-hydrogen) atoms. The number of H-pyrrole nitrogens is 1.